The summed E-state index contributed by atoms with van der Waals surface area (Å²) in [6.07, 6.45) is 9.11. The number of carbonyl (C=O) groups is 1. The monoisotopic (exact) mass is 379 g/mol. The number of aryl methyl sites for hydroxylation is 1. The van der Waals surface area contributed by atoms with Gasteiger partial charge in [-0.05, 0) is 68.6 Å². The maximum absolute atomic E-state index is 12.6. The van der Waals surface area contributed by atoms with E-state index < -0.39 is 0 Å². The number of rotatable bonds is 6. The van der Waals surface area contributed by atoms with Gasteiger partial charge in [0.1, 0.15) is 0 Å². The molecule has 0 saturated heterocycles. The normalized spacial score (nSPS) is 31.7. The zero-order chi connectivity index (χ0) is 19.1. The molecule has 148 valence electrons. The highest BCUT2D eigenvalue weighted by Crippen LogP contribution is 2.61. The van der Waals surface area contributed by atoms with E-state index in [9.17, 15) is 4.79 Å². The average molecular weight is 380 g/mol. The van der Waals surface area contributed by atoms with Crippen LogP contribution in [-0.4, -0.2) is 22.1 Å². The highest BCUT2D eigenvalue weighted by atomic mass is 16.5. The first-order valence-corrected chi connectivity index (χ1v) is 10.8. The standard InChI is InChI=1S/C23H29N3O2/c1-15(23-12-16-9-17(13-23)11-18(10-16)14-23)24-20(27)7-8-21-25-22(26-28-21)19-5-3-2-4-6-19/h2-6,15-18H,7-14H2,1H3,(H,24,27). The molecule has 1 N–H and O–H groups in total. The van der Waals surface area contributed by atoms with Crippen LogP contribution in [0.4, 0.5) is 0 Å². The molecular weight excluding hydrogens is 350 g/mol. The maximum atomic E-state index is 12.6. The van der Waals surface area contributed by atoms with Crippen LogP contribution < -0.4 is 5.32 Å². The second-order valence-electron chi connectivity index (χ2n) is 9.45. The van der Waals surface area contributed by atoms with Crippen molar-refractivity contribution in [3.63, 3.8) is 0 Å². The molecule has 5 nitrogen and oxygen atoms in total. The molecule has 4 saturated carbocycles. The van der Waals surface area contributed by atoms with Crippen LogP contribution in [0.3, 0.4) is 0 Å². The Labute approximate surface area is 166 Å². The molecule has 1 heterocycles. The topological polar surface area (TPSA) is 68.0 Å². The van der Waals surface area contributed by atoms with Gasteiger partial charge in [-0.1, -0.05) is 35.5 Å². The smallest absolute Gasteiger partial charge is 0.227 e. The van der Waals surface area contributed by atoms with Crippen molar-refractivity contribution in [3.05, 3.63) is 36.2 Å². The van der Waals surface area contributed by atoms with Gasteiger partial charge in [-0.2, -0.15) is 4.98 Å². The van der Waals surface area contributed by atoms with E-state index in [1.807, 2.05) is 30.3 Å². The van der Waals surface area contributed by atoms with Crippen molar-refractivity contribution < 1.29 is 9.32 Å². The van der Waals surface area contributed by atoms with Crippen LogP contribution in [0, 0.1) is 23.2 Å². The highest BCUT2D eigenvalue weighted by Gasteiger charge is 2.53. The van der Waals surface area contributed by atoms with E-state index in [1.165, 1.54) is 38.5 Å². The first-order chi connectivity index (χ1) is 13.6. The fourth-order valence-corrected chi connectivity index (χ4v) is 6.46. The highest BCUT2D eigenvalue weighted by molar-refractivity contribution is 5.76. The minimum absolute atomic E-state index is 0.0997. The van der Waals surface area contributed by atoms with Crippen molar-refractivity contribution in [2.75, 3.05) is 0 Å². The molecule has 4 fully saturated rings. The maximum Gasteiger partial charge on any atom is 0.227 e. The molecule has 0 radical (unpaired) electrons. The third kappa shape index (κ3) is 3.36. The lowest BCUT2D eigenvalue weighted by Gasteiger charge is -2.59. The molecule has 4 aliphatic rings. The number of benzene rings is 1. The van der Waals surface area contributed by atoms with E-state index >= 15 is 0 Å². The molecule has 5 heteroatoms. The van der Waals surface area contributed by atoms with Gasteiger partial charge in [0.15, 0.2) is 0 Å². The number of nitrogens with one attached hydrogen (secondary N) is 1. The molecule has 28 heavy (non-hydrogen) atoms. The summed E-state index contributed by atoms with van der Waals surface area (Å²) in [7, 11) is 0. The second-order valence-corrected chi connectivity index (χ2v) is 9.45. The van der Waals surface area contributed by atoms with Crippen molar-refractivity contribution >= 4 is 5.91 Å². The Balaban J connectivity index is 1.17. The summed E-state index contributed by atoms with van der Waals surface area (Å²) in [5.74, 6) is 3.92. The average Bonchev–Trinajstić information content (AvgIpc) is 3.15. The van der Waals surface area contributed by atoms with E-state index in [1.54, 1.807) is 0 Å². The van der Waals surface area contributed by atoms with Gasteiger partial charge < -0.3 is 9.84 Å². The Morgan fingerprint density at radius 1 is 1.14 bits per heavy atom. The van der Waals surface area contributed by atoms with Crippen molar-refractivity contribution in [3.8, 4) is 11.4 Å². The van der Waals surface area contributed by atoms with Gasteiger partial charge in [-0.25, -0.2) is 0 Å². The number of hydrogen-bond acceptors (Lipinski definition) is 4. The van der Waals surface area contributed by atoms with Crippen LogP contribution in [0.25, 0.3) is 11.4 Å². The molecule has 4 bridgehead atoms. The van der Waals surface area contributed by atoms with Gasteiger partial charge in [0, 0.05) is 24.4 Å². The Kier molecular flexibility index (Phi) is 4.48. The summed E-state index contributed by atoms with van der Waals surface area (Å²) in [4.78, 5) is 17.0. The van der Waals surface area contributed by atoms with Crippen LogP contribution in [0.15, 0.2) is 34.9 Å². The fraction of sp³-hybridized carbons (Fsp3) is 0.609. The summed E-state index contributed by atoms with van der Waals surface area (Å²) >= 11 is 0. The Bertz CT molecular complexity index is 809. The van der Waals surface area contributed by atoms with Gasteiger partial charge in [0.05, 0.1) is 0 Å². The van der Waals surface area contributed by atoms with E-state index in [0.717, 1.165) is 23.3 Å². The molecule has 1 aromatic heterocycles. The summed E-state index contributed by atoms with van der Waals surface area (Å²) in [5.41, 5.74) is 1.27. The number of nitrogens with zero attached hydrogens (tertiary/aromatic N) is 2. The van der Waals surface area contributed by atoms with Crippen LogP contribution in [-0.2, 0) is 11.2 Å². The number of hydrogen-bond donors (Lipinski definition) is 1. The van der Waals surface area contributed by atoms with Crippen LogP contribution in [0.5, 0.6) is 0 Å². The molecule has 1 unspecified atom stereocenters. The van der Waals surface area contributed by atoms with Crippen molar-refractivity contribution in [2.24, 2.45) is 23.2 Å². The summed E-state index contributed by atoms with van der Waals surface area (Å²) in [6.45, 7) is 2.23. The van der Waals surface area contributed by atoms with Crippen molar-refractivity contribution in [1.82, 2.24) is 15.5 Å². The Morgan fingerprint density at radius 2 is 1.79 bits per heavy atom. The predicted octanol–water partition coefficient (Wildman–Crippen LogP) is 4.39. The molecule has 0 spiro atoms. The molecule has 6 rings (SSSR count). The van der Waals surface area contributed by atoms with Gasteiger partial charge >= 0.3 is 0 Å². The third-order valence-corrected chi connectivity index (χ3v) is 7.45. The third-order valence-electron chi connectivity index (χ3n) is 7.45. The second kappa shape index (κ2) is 7.02. The van der Waals surface area contributed by atoms with E-state index in [4.69, 9.17) is 4.52 Å². The Morgan fingerprint density at radius 3 is 2.43 bits per heavy atom. The van der Waals surface area contributed by atoms with E-state index in [-0.39, 0.29) is 11.9 Å². The predicted molar refractivity (Wildman–Crippen MR) is 106 cm³/mol. The summed E-state index contributed by atoms with van der Waals surface area (Å²) < 4.78 is 5.33. The molecule has 4 aliphatic carbocycles. The molecule has 1 atom stereocenters. The fourth-order valence-electron chi connectivity index (χ4n) is 6.46. The Hall–Kier alpha value is -2.17. The lowest BCUT2D eigenvalue weighted by Crippen LogP contribution is -2.55. The number of aromatic nitrogens is 2. The van der Waals surface area contributed by atoms with Crippen LogP contribution in [0.1, 0.15) is 57.8 Å². The van der Waals surface area contributed by atoms with Gasteiger partial charge in [0.25, 0.3) is 0 Å². The first kappa shape index (κ1) is 17.9. The first-order valence-electron chi connectivity index (χ1n) is 10.8. The largest absolute Gasteiger partial charge is 0.353 e. The summed E-state index contributed by atoms with van der Waals surface area (Å²) in [6, 6.07) is 10.0. The van der Waals surface area contributed by atoms with E-state index in [2.05, 4.69) is 22.4 Å². The quantitative estimate of drug-likeness (QED) is 0.808. The minimum Gasteiger partial charge on any atom is -0.353 e. The molecular formula is C23H29N3O2. The van der Waals surface area contributed by atoms with Crippen molar-refractivity contribution in [2.45, 2.75) is 64.3 Å². The lowest BCUT2D eigenvalue weighted by molar-refractivity contribution is -0.125. The zero-order valence-corrected chi connectivity index (χ0v) is 16.6. The molecule has 1 aromatic carbocycles. The SMILES string of the molecule is CC(NC(=O)CCc1nc(-c2ccccc2)no1)C12CC3CC(CC(C3)C1)C2. The molecule has 2 aromatic rings. The number of amides is 1. The molecule has 0 aliphatic heterocycles. The van der Waals surface area contributed by atoms with Gasteiger partial charge in [0.2, 0.25) is 17.6 Å². The zero-order valence-electron chi connectivity index (χ0n) is 16.6. The molecule has 1 amide bonds. The van der Waals surface area contributed by atoms with Gasteiger partial charge in [-0.3, -0.25) is 4.79 Å². The van der Waals surface area contributed by atoms with Crippen LogP contribution in [0.2, 0.25) is 0 Å². The minimum atomic E-state index is 0.0997. The lowest BCUT2D eigenvalue weighted by atomic mass is 9.48. The summed E-state index contributed by atoms with van der Waals surface area (Å²) in [5, 5.41) is 7.35. The van der Waals surface area contributed by atoms with Crippen LogP contribution >= 0.6 is 0 Å². The van der Waals surface area contributed by atoms with E-state index in [0.29, 0.717) is 30.0 Å². The van der Waals surface area contributed by atoms with Crippen molar-refractivity contribution in [1.29, 1.82) is 0 Å². The number of carbonyl (C=O) groups excluding carboxylic acids is 1. The van der Waals surface area contributed by atoms with Gasteiger partial charge in [-0.15, -0.1) is 0 Å².